The molecule has 0 spiro atoms. The predicted octanol–water partition coefficient (Wildman–Crippen LogP) is 5.27. The van der Waals surface area contributed by atoms with E-state index in [1.54, 1.807) is 16.7 Å². The zero-order valence-corrected chi connectivity index (χ0v) is 12.9. The van der Waals surface area contributed by atoms with Crippen LogP contribution in [0.3, 0.4) is 0 Å². The van der Waals surface area contributed by atoms with Gasteiger partial charge in [0.2, 0.25) is 0 Å². The molecule has 0 aliphatic carbocycles. The molecule has 3 aromatic carbocycles. The van der Waals surface area contributed by atoms with E-state index >= 15 is 0 Å². The Hall–Kier alpha value is -2.59. The summed E-state index contributed by atoms with van der Waals surface area (Å²) in [5.41, 5.74) is 2.17. The zero-order chi connectivity index (χ0) is 15.8. The monoisotopic (exact) mass is 321 g/mol. The zero-order valence-electron chi connectivity index (χ0n) is 12.1. The van der Waals surface area contributed by atoms with Gasteiger partial charge in [-0.2, -0.15) is 0 Å². The van der Waals surface area contributed by atoms with Crippen LogP contribution in [0.1, 0.15) is 10.4 Å². The molecule has 0 saturated carbocycles. The number of halogens is 1. The van der Waals surface area contributed by atoms with Gasteiger partial charge in [0, 0.05) is 15.4 Å². The lowest BCUT2D eigenvalue weighted by Gasteiger charge is -2.31. The number of hydrogen-bond donors (Lipinski definition) is 0. The summed E-state index contributed by atoms with van der Waals surface area (Å²) in [5.74, 6) is -0.512. The van der Waals surface area contributed by atoms with Crippen molar-refractivity contribution in [3.8, 4) is 0 Å². The molecule has 0 saturated heterocycles. The number of carbonyl (C=O) groups excluding carboxylic acids is 1. The van der Waals surface area contributed by atoms with E-state index in [1.165, 1.54) is 24.3 Å². The molecule has 1 amide bonds. The third-order valence-electron chi connectivity index (χ3n) is 3.73. The minimum absolute atomic E-state index is 0.162. The number of hydrogen-bond acceptors (Lipinski definition) is 2. The molecule has 0 bridgehead atoms. The molecule has 112 valence electrons. The fraction of sp³-hybridized carbons (Fsp3) is 0. The molecule has 4 heteroatoms. The number of para-hydroxylation sites is 2. The first-order valence-corrected chi connectivity index (χ1v) is 8.01. The van der Waals surface area contributed by atoms with Gasteiger partial charge in [-0.3, -0.25) is 9.69 Å². The molecule has 0 aromatic heterocycles. The molecular formula is C19H12FNOS. The van der Waals surface area contributed by atoms with Crippen molar-refractivity contribution in [1.82, 2.24) is 0 Å². The van der Waals surface area contributed by atoms with Crippen molar-refractivity contribution >= 4 is 29.0 Å². The Morgan fingerprint density at radius 1 is 0.783 bits per heavy atom. The summed E-state index contributed by atoms with van der Waals surface area (Å²) >= 11 is 1.65. The van der Waals surface area contributed by atoms with Crippen molar-refractivity contribution in [2.24, 2.45) is 0 Å². The van der Waals surface area contributed by atoms with Gasteiger partial charge in [-0.05, 0) is 48.5 Å². The van der Waals surface area contributed by atoms with Crippen LogP contribution in [0.15, 0.2) is 82.6 Å². The van der Waals surface area contributed by atoms with E-state index < -0.39 is 0 Å². The predicted molar refractivity (Wildman–Crippen MR) is 89.9 cm³/mol. The summed E-state index contributed by atoms with van der Waals surface area (Å²) in [6.45, 7) is 0. The molecule has 4 rings (SSSR count). The summed E-state index contributed by atoms with van der Waals surface area (Å²) < 4.78 is 13.1. The normalized spacial score (nSPS) is 12.5. The molecule has 1 heterocycles. The third-order valence-corrected chi connectivity index (χ3v) is 4.86. The maximum atomic E-state index is 13.1. The minimum atomic E-state index is -0.350. The standard InChI is InChI=1S/C19H12FNOS/c20-14-11-9-13(10-12-14)19(22)21-15-5-1-3-7-17(15)23-18-8-4-2-6-16(18)21/h1-12H. The Kier molecular flexibility index (Phi) is 3.39. The highest BCUT2D eigenvalue weighted by Gasteiger charge is 2.28. The van der Waals surface area contributed by atoms with Crippen LogP contribution in [-0.4, -0.2) is 5.91 Å². The van der Waals surface area contributed by atoms with Gasteiger partial charge in [-0.15, -0.1) is 0 Å². The molecule has 0 unspecified atom stereocenters. The number of anilines is 2. The average molecular weight is 321 g/mol. The topological polar surface area (TPSA) is 20.3 Å². The summed E-state index contributed by atoms with van der Waals surface area (Å²) in [6, 6.07) is 21.3. The Balaban J connectivity index is 1.87. The fourth-order valence-electron chi connectivity index (χ4n) is 2.64. The van der Waals surface area contributed by atoms with E-state index in [1.807, 2.05) is 48.5 Å². The first kappa shape index (κ1) is 14.0. The second kappa shape index (κ2) is 5.56. The van der Waals surface area contributed by atoms with Crippen LogP contribution in [0.25, 0.3) is 0 Å². The van der Waals surface area contributed by atoms with Crippen LogP contribution in [0.5, 0.6) is 0 Å². The van der Waals surface area contributed by atoms with Crippen molar-refractivity contribution in [2.45, 2.75) is 9.79 Å². The van der Waals surface area contributed by atoms with Crippen molar-refractivity contribution in [2.75, 3.05) is 4.90 Å². The molecule has 1 aliphatic heterocycles. The van der Waals surface area contributed by atoms with Crippen LogP contribution in [0.2, 0.25) is 0 Å². The smallest absolute Gasteiger partial charge is 0.262 e. The maximum Gasteiger partial charge on any atom is 0.262 e. The van der Waals surface area contributed by atoms with Crippen LogP contribution < -0.4 is 4.90 Å². The van der Waals surface area contributed by atoms with Gasteiger partial charge < -0.3 is 0 Å². The largest absolute Gasteiger partial charge is 0.275 e. The lowest BCUT2D eigenvalue weighted by molar-refractivity contribution is 0.0998. The SMILES string of the molecule is O=C(c1ccc(F)cc1)N1c2ccccc2Sc2ccccc21. The Bertz CT molecular complexity index is 846. The lowest BCUT2D eigenvalue weighted by atomic mass is 10.1. The average Bonchev–Trinajstić information content (AvgIpc) is 2.59. The second-order valence-corrected chi connectivity index (χ2v) is 6.27. The lowest BCUT2D eigenvalue weighted by Crippen LogP contribution is -2.28. The molecule has 0 atom stereocenters. The number of benzene rings is 3. The van der Waals surface area contributed by atoms with E-state index in [2.05, 4.69) is 0 Å². The molecular weight excluding hydrogens is 309 g/mol. The summed E-state index contributed by atoms with van der Waals surface area (Å²) in [4.78, 5) is 16.8. The van der Waals surface area contributed by atoms with Gasteiger partial charge in [0.1, 0.15) is 5.82 Å². The van der Waals surface area contributed by atoms with Crippen LogP contribution >= 0.6 is 11.8 Å². The van der Waals surface area contributed by atoms with Gasteiger partial charge in [-0.25, -0.2) is 4.39 Å². The molecule has 23 heavy (non-hydrogen) atoms. The molecule has 0 radical (unpaired) electrons. The van der Waals surface area contributed by atoms with Gasteiger partial charge >= 0.3 is 0 Å². The highest BCUT2D eigenvalue weighted by Crippen LogP contribution is 2.48. The van der Waals surface area contributed by atoms with Crippen LogP contribution in [0, 0.1) is 5.82 Å². The molecule has 0 fully saturated rings. The summed E-state index contributed by atoms with van der Waals surface area (Å²) in [6.07, 6.45) is 0. The van der Waals surface area contributed by atoms with Gasteiger partial charge in [0.25, 0.3) is 5.91 Å². The molecule has 3 aromatic rings. The number of nitrogens with zero attached hydrogens (tertiary/aromatic N) is 1. The number of fused-ring (bicyclic) bond motifs is 2. The Morgan fingerprint density at radius 2 is 1.30 bits per heavy atom. The summed E-state index contributed by atoms with van der Waals surface area (Å²) in [5, 5.41) is 0. The molecule has 2 nitrogen and oxygen atoms in total. The third kappa shape index (κ3) is 2.41. The highest BCUT2D eigenvalue weighted by atomic mass is 32.2. The molecule has 0 N–H and O–H groups in total. The van der Waals surface area contributed by atoms with Gasteiger partial charge in [-0.1, -0.05) is 36.0 Å². The number of carbonyl (C=O) groups is 1. The first-order chi connectivity index (χ1) is 11.2. The van der Waals surface area contributed by atoms with E-state index in [-0.39, 0.29) is 11.7 Å². The van der Waals surface area contributed by atoms with Crippen LogP contribution in [0.4, 0.5) is 15.8 Å². The van der Waals surface area contributed by atoms with Gasteiger partial charge in [0.05, 0.1) is 11.4 Å². The van der Waals surface area contributed by atoms with Crippen LogP contribution in [-0.2, 0) is 0 Å². The van der Waals surface area contributed by atoms with Crippen molar-refractivity contribution in [3.05, 3.63) is 84.2 Å². The summed E-state index contributed by atoms with van der Waals surface area (Å²) in [7, 11) is 0. The number of rotatable bonds is 1. The van der Waals surface area contributed by atoms with Crippen molar-refractivity contribution in [1.29, 1.82) is 0 Å². The number of amides is 1. The van der Waals surface area contributed by atoms with E-state index in [0.717, 1.165) is 21.2 Å². The quantitative estimate of drug-likeness (QED) is 0.608. The van der Waals surface area contributed by atoms with E-state index in [4.69, 9.17) is 0 Å². The molecule has 1 aliphatic rings. The first-order valence-electron chi connectivity index (χ1n) is 7.20. The highest BCUT2D eigenvalue weighted by molar-refractivity contribution is 7.99. The van der Waals surface area contributed by atoms with Crippen molar-refractivity contribution in [3.63, 3.8) is 0 Å². The minimum Gasteiger partial charge on any atom is -0.275 e. The maximum absolute atomic E-state index is 13.1. The Labute approximate surface area is 137 Å². The van der Waals surface area contributed by atoms with E-state index in [9.17, 15) is 9.18 Å². The fourth-order valence-corrected chi connectivity index (χ4v) is 3.70. The van der Waals surface area contributed by atoms with E-state index in [0.29, 0.717) is 5.56 Å². The van der Waals surface area contributed by atoms with Gasteiger partial charge in [0.15, 0.2) is 0 Å². The van der Waals surface area contributed by atoms with Crippen molar-refractivity contribution < 1.29 is 9.18 Å². The second-order valence-electron chi connectivity index (χ2n) is 5.18. The Morgan fingerprint density at radius 3 is 1.87 bits per heavy atom.